The molecule has 0 saturated carbocycles. The number of carboxylic acid groups (broad SMARTS) is 1. The maximum Gasteiger partial charge on any atom is 0.337 e. The number of hydrogen-bond acceptors (Lipinski definition) is 7. The second-order valence-corrected chi connectivity index (χ2v) is 14.3. The number of ether oxygens (including phenoxy) is 2. The number of alkyl halides is 2. The van der Waals surface area contributed by atoms with Crippen molar-refractivity contribution in [1.82, 2.24) is 9.80 Å². The molecule has 0 aromatic heterocycles. The highest BCUT2D eigenvalue weighted by Gasteiger charge is 2.54. The van der Waals surface area contributed by atoms with Crippen molar-refractivity contribution in [2.24, 2.45) is 0 Å². The van der Waals surface area contributed by atoms with E-state index in [0.717, 1.165) is 25.3 Å². The monoisotopic (exact) mass is 716 g/mol. The van der Waals surface area contributed by atoms with Gasteiger partial charge in [0, 0.05) is 42.0 Å². The Morgan fingerprint density at radius 2 is 1.73 bits per heavy atom. The average molecular weight is 718 g/mol. The van der Waals surface area contributed by atoms with Gasteiger partial charge in [0.25, 0.3) is 12.3 Å². The Labute approximate surface area is 290 Å². The lowest BCUT2D eigenvalue weighted by atomic mass is 9.77. The molecule has 2 bridgehead atoms. The molecule has 14 heteroatoms. The molecular weight excluding hydrogens is 684 g/mol. The largest absolute Gasteiger partial charge is 0.478 e. The first-order valence-electron chi connectivity index (χ1n) is 16.3. The average Bonchev–Trinajstić information content (AvgIpc) is 3.28. The number of carboxylic acids is 1. The summed E-state index contributed by atoms with van der Waals surface area (Å²) < 4.78 is 53.5. The van der Waals surface area contributed by atoms with Gasteiger partial charge in [-0.25, -0.2) is 18.0 Å². The van der Waals surface area contributed by atoms with Crippen LogP contribution < -0.4 is 14.5 Å². The molecule has 4 saturated heterocycles. The molecule has 0 aliphatic carbocycles. The summed E-state index contributed by atoms with van der Waals surface area (Å²) in [4.78, 5) is 33.3. The number of aromatic carboxylic acids is 1. The molecule has 3 aromatic rings. The van der Waals surface area contributed by atoms with Gasteiger partial charge in [0.05, 0.1) is 70.8 Å². The van der Waals surface area contributed by atoms with Crippen LogP contribution in [0.1, 0.15) is 45.5 Å². The van der Waals surface area contributed by atoms with Gasteiger partial charge in [0.2, 0.25) is 0 Å². The molecule has 5 aliphatic heterocycles. The van der Waals surface area contributed by atoms with Crippen molar-refractivity contribution in [3.63, 3.8) is 0 Å². The third kappa shape index (κ3) is 5.47. The summed E-state index contributed by atoms with van der Waals surface area (Å²) in [6.07, 6.45) is 0.194. The first-order chi connectivity index (χ1) is 23.5. The summed E-state index contributed by atoms with van der Waals surface area (Å²) in [5.41, 5.74) is 2.21. The molecule has 2 unspecified atom stereocenters. The molecule has 8 rings (SSSR count). The summed E-state index contributed by atoms with van der Waals surface area (Å²) in [6, 6.07) is 11.3. The molecule has 5 heterocycles. The van der Waals surface area contributed by atoms with Crippen molar-refractivity contribution >= 4 is 46.5 Å². The molecular formula is C35H33Cl2F3N4O5. The van der Waals surface area contributed by atoms with Gasteiger partial charge in [-0.3, -0.25) is 9.69 Å². The zero-order valence-corrected chi connectivity index (χ0v) is 27.8. The Morgan fingerprint density at radius 1 is 1.02 bits per heavy atom. The minimum atomic E-state index is -2.38. The number of fused-ring (bicyclic) bond motifs is 3. The van der Waals surface area contributed by atoms with Crippen LogP contribution in [-0.4, -0.2) is 97.0 Å². The smallest absolute Gasteiger partial charge is 0.337 e. The van der Waals surface area contributed by atoms with Crippen LogP contribution in [-0.2, 0) is 11.3 Å². The number of anilines is 2. The number of likely N-dealkylation sites (tertiary alicyclic amines) is 1. The van der Waals surface area contributed by atoms with Gasteiger partial charge in [-0.05, 0) is 43.5 Å². The fourth-order valence-electron chi connectivity index (χ4n) is 8.14. The third-order valence-electron chi connectivity index (χ3n) is 10.7. The molecule has 2 atom stereocenters. The van der Waals surface area contributed by atoms with Crippen molar-refractivity contribution in [2.45, 2.75) is 49.9 Å². The quantitative estimate of drug-likeness (QED) is 0.301. The summed E-state index contributed by atoms with van der Waals surface area (Å²) in [7, 11) is 0. The normalized spacial score (nSPS) is 22.5. The van der Waals surface area contributed by atoms with Crippen LogP contribution in [0, 0.1) is 5.82 Å². The summed E-state index contributed by atoms with van der Waals surface area (Å²) in [5, 5.41) is 10.3. The van der Waals surface area contributed by atoms with E-state index in [2.05, 4.69) is 4.90 Å². The van der Waals surface area contributed by atoms with E-state index >= 15 is 4.39 Å². The van der Waals surface area contributed by atoms with Crippen LogP contribution in [0.2, 0.25) is 10.0 Å². The van der Waals surface area contributed by atoms with E-state index in [1.807, 2.05) is 9.80 Å². The topological polar surface area (TPSA) is 85.8 Å². The number of carbonyl (C=O) groups is 2. The minimum absolute atomic E-state index is 0.0111. The van der Waals surface area contributed by atoms with E-state index in [1.165, 1.54) is 4.90 Å². The van der Waals surface area contributed by atoms with E-state index < -0.39 is 24.1 Å². The van der Waals surface area contributed by atoms with E-state index in [4.69, 9.17) is 32.7 Å². The highest BCUT2D eigenvalue weighted by molar-refractivity contribution is 6.40. The van der Waals surface area contributed by atoms with Crippen LogP contribution in [0.3, 0.4) is 0 Å². The summed E-state index contributed by atoms with van der Waals surface area (Å²) in [6.45, 7) is 2.51. The van der Waals surface area contributed by atoms with Crippen molar-refractivity contribution in [1.29, 1.82) is 0 Å². The first-order valence-corrected chi connectivity index (χ1v) is 17.0. The molecule has 3 aromatic carbocycles. The molecule has 1 spiro atoms. The number of para-hydroxylation sites is 1. The van der Waals surface area contributed by atoms with E-state index in [0.29, 0.717) is 61.1 Å². The number of hydrogen-bond donors (Lipinski definition) is 1. The summed E-state index contributed by atoms with van der Waals surface area (Å²) in [5.74, 6) is -1.94. The lowest BCUT2D eigenvalue weighted by Crippen LogP contribution is -2.77. The highest BCUT2D eigenvalue weighted by atomic mass is 35.5. The number of benzene rings is 3. The highest BCUT2D eigenvalue weighted by Crippen LogP contribution is 2.45. The third-order valence-corrected chi connectivity index (χ3v) is 11.3. The Morgan fingerprint density at radius 3 is 2.37 bits per heavy atom. The Hall–Kier alpha value is -3.71. The van der Waals surface area contributed by atoms with Gasteiger partial charge in [-0.1, -0.05) is 41.4 Å². The maximum atomic E-state index is 15.7. The van der Waals surface area contributed by atoms with Gasteiger partial charge in [-0.15, -0.1) is 0 Å². The number of morpholine rings is 1. The standard InChI is InChI=1S/C35H33Cl2F3N4O5/c36-26-8-22(42-16-35(17-42)6-7-43(35)13-30(39)40)9-27(37)31(26)33(45)41-12-19-2-1-3-23(32(19)49-18-41)24-11-29(25(34(46)47)10-28(24)38)44-20-4-5-21(44)15-48-14-20/h1-3,8-11,20-21,30H,4-7,12-18H2,(H,46,47). The first kappa shape index (κ1) is 32.5. The molecule has 1 amide bonds. The molecule has 4 fully saturated rings. The van der Waals surface area contributed by atoms with Gasteiger partial charge >= 0.3 is 5.97 Å². The Balaban J connectivity index is 1.03. The van der Waals surface area contributed by atoms with E-state index in [-0.39, 0.29) is 64.2 Å². The maximum absolute atomic E-state index is 15.7. The van der Waals surface area contributed by atoms with Gasteiger partial charge < -0.3 is 29.3 Å². The fourth-order valence-corrected chi connectivity index (χ4v) is 8.78. The predicted octanol–water partition coefficient (Wildman–Crippen LogP) is 6.39. The molecule has 0 radical (unpaired) electrons. The number of carbonyl (C=O) groups excluding carboxylic acids is 1. The van der Waals surface area contributed by atoms with E-state index in [1.54, 1.807) is 36.4 Å². The van der Waals surface area contributed by atoms with Crippen LogP contribution in [0.15, 0.2) is 42.5 Å². The Kier molecular flexibility index (Phi) is 8.13. The second-order valence-electron chi connectivity index (χ2n) is 13.5. The van der Waals surface area contributed by atoms with E-state index in [9.17, 15) is 23.5 Å². The van der Waals surface area contributed by atoms with Crippen molar-refractivity contribution in [3.8, 4) is 16.9 Å². The van der Waals surface area contributed by atoms with Crippen LogP contribution in [0.5, 0.6) is 5.75 Å². The SMILES string of the molecule is O=C(O)c1cc(F)c(-c2cccc3c2OCN(C(=O)c2c(Cl)cc(N4CC5(CCN5CC(F)F)C4)cc2Cl)C3)cc1N1C2CCC1COC2. The number of rotatable bonds is 7. The van der Waals surface area contributed by atoms with Crippen molar-refractivity contribution in [2.75, 3.05) is 55.9 Å². The summed E-state index contributed by atoms with van der Waals surface area (Å²) >= 11 is 13.3. The number of amides is 1. The Bertz CT molecular complexity index is 1820. The number of halogens is 5. The minimum Gasteiger partial charge on any atom is -0.478 e. The van der Waals surface area contributed by atoms with Gasteiger partial charge in [0.1, 0.15) is 11.6 Å². The number of nitrogens with zero attached hydrogens (tertiary/aromatic N) is 4. The van der Waals surface area contributed by atoms with Crippen LogP contribution >= 0.6 is 23.2 Å². The predicted molar refractivity (Wildman–Crippen MR) is 178 cm³/mol. The second kappa shape index (κ2) is 12.3. The lowest BCUT2D eigenvalue weighted by Gasteiger charge is -2.63. The van der Waals surface area contributed by atoms with Crippen LogP contribution in [0.25, 0.3) is 11.1 Å². The molecule has 5 aliphatic rings. The molecule has 9 nitrogen and oxygen atoms in total. The zero-order valence-electron chi connectivity index (χ0n) is 26.3. The molecule has 49 heavy (non-hydrogen) atoms. The lowest BCUT2D eigenvalue weighted by molar-refractivity contribution is -0.0682. The fraction of sp³-hybridized carbons (Fsp3) is 0.429. The van der Waals surface area contributed by atoms with Crippen molar-refractivity contribution < 1.29 is 37.3 Å². The molecule has 258 valence electrons. The van der Waals surface area contributed by atoms with Gasteiger partial charge in [-0.2, -0.15) is 0 Å². The zero-order chi connectivity index (χ0) is 34.2. The van der Waals surface area contributed by atoms with Crippen molar-refractivity contribution in [3.05, 3.63) is 75.0 Å². The van der Waals surface area contributed by atoms with Gasteiger partial charge in [0.15, 0.2) is 6.73 Å². The van der Waals surface area contributed by atoms with Crippen LogP contribution in [0.4, 0.5) is 24.5 Å². The molecule has 1 N–H and O–H groups in total.